The summed E-state index contributed by atoms with van der Waals surface area (Å²) in [6.07, 6.45) is -6.67. The zero-order valence-electron chi connectivity index (χ0n) is 12.9. The van der Waals surface area contributed by atoms with Crippen LogP contribution in [0.5, 0.6) is 0 Å². The SMILES string of the molecule is COCCC(NC(=O)CC(O)(c1nc(C)cs1)C(F)(F)F)C(=O)O. The molecule has 7 nitrogen and oxygen atoms in total. The number of carboxylic acids is 1. The maximum atomic E-state index is 13.3. The number of alkyl halides is 3. The van der Waals surface area contributed by atoms with Gasteiger partial charge in [-0.15, -0.1) is 11.3 Å². The first kappa shape index (κ1) is 20.3. The smallest absolute Gasteiger partial charge is 0.424 e. The van der Waals surface area contributed by atoms with Gasteiger partial charge in [0, 0.05) is 31.2 Å². The molecule has 11 heteroatoms. The average Bonchev–Trinajstić information content (AvgIpc) is 2.88. The number of hydrogen-bond acceptors (Lipinski definition) is 6. The number of halogens is 3. The molecular weight excluding hydrogens is 353 g/mol. The van der Waals surface area contributed by atoms with Crippen molar-refractivity contribution in [3.63, 3.8) is 0 Å². The predicted octanol–water partition coefficient (Wildman–Crippen LogP) is 1.20. The van der Waals surface area contributed by atoms with E-state index in [0.29, 0.717) is 11.3 Å². The Kier molecular flexibility index (Phi) is 6.69. The summed E-state index contributed by atoms with van der Waals surface area (Å²) in [6.45, 7) is 1.44. The van der Waals surface area contributed by atoms with Gasteiger partial charge in [-0.25, -0.2) is 9.78 Å². The van der Waals surface area contributed by atoms with E-state index in [-0.39, 0.29) is 18.7 Å². The number of amides is 1. The van der Waals surface area contributed by atoms with Crippen LogP contribution in [-0.2, 0) is 19.9 Å². The number of nitrogens with zero attached hydrogens (tertiary/aromatic N) is 1. The number of nitrogens with one attached hydrogen (secondary N) is 1. The lowest BCUT2D eigenvalue weighted by Gasteiger charge is -2.28. The monoisotopic (exact) mass is 370 g/mol. The van der Waals surface area contributed by atoms with E-state index in [9.17, 15) is 27.9 Å². The molecule has 136 valence electrons. The number of carboxylic acid groups (broad SMARTS) is 1. The zero-order valence-corrected chi connectivity index (χ0v) is 13.7. The third kappa shape index (κ3) is 4.89. The van der Waals surface area contributed by atoms with Crippen LogP contribution in [0.2, 0.25) is 0 Å². The first-order valence-electron chi connectivity index (χ1n) is 6.74. The van der Waals surface area contributed by atoms with Crippen molar-refractivity contribution in [2.24, 2.45) is 0 Å². The van der Waals surface area contributed by atoms with E-state index in [2.05, 4.69) is 9.72 Å². The summed E-state index contributed by atoms with van der Waals surface area (Å²) in [5, 5.41) is 21.6. The molecule has 0 aliphatic rings. The Bertz CT molecular complexity index is 592. The molecule has 1 aromatic heterocycles. The molecule has 0 fully saturated rings. The van der Waals surface area contributed by atoms with Crippen LogP contribution in [0.25, 0.3) is 0 Å². The minimum Gasteiger partial charge on any atom is -0.480 e. The van der Waals surface area contributed by atoms with Crippen LogP contribution < -0.4 is 5.32 Å². The Morgan fingerprint density at radius 2 is 2.08 bits per heavy atom. The predicted molar refractivity (Wildman–Crippen MR) is 77.5 cm³/mol. The van der Waals surface area contributed by atoms with Crippen LogP contribution in [0.3, 0.4) is 0 Å². The van der Waals surface area contributed by atoms with Gasteiger partial charge in [-0.05, 0) is 6.92 Å². The number of rotatable bonds is 8. The number of aromatic nitrogens is 1. The number of hydrogen-bond donors (Lipinski definition) is 3. The molecule has 0 bridgehead atoms. The highest BCUT2D eigenvalue weighted by Crippen LogP contribution is 2.42. The second-order valence-corrected chi connectivity index (χ2v) is 5.93. The normalized spacial score (nSPS) is 15.6. The van der Waals surface area contributed by atoms with Gasteiger partial charge in [0.1, 0.15) is 11.0 Å². The number of methoxy groups -OCH3 is 1. The van der Waals surface area contributed by atoms with Crippen molar-refractivity contribution < 1.29 is 37.7 Å². The van der Waals surface area contributed by atoms with Gasteiger partial charge in [0.15, 0.2) is 0 Å². The zero-order chi connectivity index (χ0) is 18.5. The van der Waals surface area contributed by atoms with Crippen LogP contribution in [0.4, 0.5) is 13.2 Å². The molecule has 24 heavy (non-hydrogen) atoms. The number of carbonyl (C=O) groups excluding carboxylic acids is 1. The molecule has 0 saturated heterocycles. The molecule has 1 aromatic rings. The largest absolute Gasteiger partial charge is 0.480 e. The fourth-order valence-electron chi connectivity index (χ4n) is 1.81. The van der Waals surface area contributed by atoms with E-state index >= 15 is 0 Å². The molecule has 0 spiro atoms. The molecular formula is C13H17F3N2O5S. The standard InChI is InChI=1S/C13H17F3N2O5S/c1-7-6-24-11(17-7)12(22,13(14,15)16)5-9(19)18-8(10(20)21)3-4-23-2/h6,8,22H,3-5H2,1-2H3,(H,18,19)(H,20,21). The Labute approximate surface area is 139 Å². The summed E-state index contributed by atoms with van der Waals surface area (Å²) in [7, 11) is 1.31. The Morgan fingerprint density at radius 1 is 1.46 bits per heavy atom. The van der Waals surface area contributed by atoms with Crippen LogP contribution >= 0.6 is 11.3 Å². The van der Waals surface area contributed by atoms with Crippen molar-refractivity contribution in [1.29, 1.82) is 0 Å². The second-order valence-electron chi connectivity index (χ2n) is 5.07. The molecule has 1 rings (SSSR count). The summed E-state index contributed by atoms with van der Waals surface area (Å²) >= 11 is 0.567. The van der Waals surface area contributed by atoms with Crippen molar-refractivity contribution in [1.82, 2.24) is 10.3 Å². The van der Waals surface area contributed by atoms with Gasteiger partial charge in [-0.2, -0.15) is 13.2 Å². The van der Waals surface area contributed by atoms with E-state index in [1.54, 1.807) is 0 Å². The van der Waals surface area contributed by atoms with Gasteiger partial charge in [0.05, 0.1) is 6.42 Å². The number of aryl methyl sites for hydroxylation is 1. The summed E-state index contributed by atoms with van der Waals surface area (Å²) in [5.41, 5.74) is -3.22. The average molecular weight is 370 g/mol. The third-order valence-corrected chi connectivity index (χ3v) is 4.21. The molecule has 3 N–H and O–H groups in total. The second kappa shape index (κ2) is 7.90. The number of aliphatic hydroxyl groups is 1. The summed E-state index contributed by atoms with van der Waals surface area (Å²) < 4.78 is 44.5. The lowest BCUT2D eigenvalue weighted by molar-refractivity contribution is -0.267. The van der Waals surface area contributed by atoms with Crippen LogP contribution in [0.1, 0.15) is 23.5 Å². The van der Waals surface area contributed by atoms with Crippen LogP contribution in [0, 0.1) is 6.92 Å². The third-order valence-electron chi connectivity index (χ3n) is 3.10. The Morgan fingerprint density at radius 3 is 2.50 bits per heavy atom. The molecule has 1 heterocycles. The number of aliphatic carboxylic acids is 1. The van der Waals surface area contributed by atoms with Gasteiger partial charge < -0.3 is 20.3 Å². The molecule has 0 aliphatic heterocycles. The first-order valence-corrected chi connectivity index (χ1v) is 7.62. The van der Waals surface area contributed by atoms with Gasteiger partial charge in [-0.1, -0.05) is 0 Å². The number of carbonyl (C=O) groups is 2. The number of thiazole rings is 1. The topological polar surface area (TPSA) is 109 Å². The number of ether oxygens (including phenoxy) is 1. The van der Waals surface area contributed by atoms with E-state index < -0.39 is 41.1 Å². The van der Waals surface area contributed by atoms with Crippen molar-refractivity contribution in [3.8, 4) is 0 Å². The van der Waals surface area contributed by atoms with E-state index in [0.717, 1.165) is 0 Å². The van der Waals surface area contributed by atoms with Gasteiger partial charge >= 0.3 is 12.1 Å². The lowest BCUT2D eigenvalue weighted by Crippen LogP contribution is -2.49. The fourth-order valence-corrected chi connectivity index (χ4v) is 2.73. The van der Waals surface area contributed by atoms with E-state index in [4.69, 9.17) is 5.11 Å². The molecule has 0 saturated carbocycles. The minimum atomic E-state index is -5.15. The van der Waals surface area contributed by atoms with Gasteiger partial charge in [-0.3, -0.25) is 4.79 Å². The van der Waals surface area contributed by atoms with Crippen LogP contribution in [-0.4, -0.2) is 53.0 Å². The molecule has 0 radical (unpaired) electrons. The highest BCUT2D eigenvalue weighted by molar-refractivity contribution is 7.09. The van der Waals surface area contributed by atoms with Crippen molar-refractivity contribution in [3.05, 3.63) is 16.1 Å². The van der Waals surface area contributed by atoms with Gasteiger partial charge in [0.25, 0.3) is 0 Å². The first-order chi connectivity index (χ1) is 11.0. The lowest BCUT2D eigenvalue weighted by atomic mass is 9.99. The van der Waals surface area contributed by atoms with Gasteiger partial charge in [0.2, 0.25) is 11.5 Å². The molecule has 2 unspecified atom stereocenters. The summed E-state index contributed by atoms with van der Waals surface area (Å²) in [5.74, 6) is -2.67. The summed E-state index contributed by atoms with van der Waals surface area (Å²) in [4.78, 5) is 26.5. The van der Waals surface area contributed by atoms with E-state index in [1.165, 1.54) is 19.4 Å². The van der Waals surface area contributed by atoms with E-state index in [1.807, 2.05) is 5.32 Å². The van der Waals surface area contributed by atoms with Crippen molar-refractivity contribution in [2.45, 2.75) is 37.6 Å². The van der Waals surface area contributed by atoms with Crippen LogP contribution in [0.15, 0.2) is 5.38 Å². The van der Waals surface area contributed by atoms with Crippen molar-refractivity contribution >= 4 is 23.2 Å². The highest BCUT2D eigenvalue weighted by atomic mass is 32.1. The Hall–Kier alpha value is -1.72. The highest BCUT2D eigenvalue weighted by Gasteiger charge is 2.58. The molecule has 1 amide bonds. The van der Waals surface area contributed by atoms with Crippen molar-refractivity contribution in [2.75, 3.05) is 13.7 Å². The minimum absolute atomic E-state index is 0.00748. The fraction of sp³-hybridized carbons (Fsp3) is 0.615. The Balaban J connectivity index is 2.95. The molecule has 0 aromatic carbocycles. The maximum absolute atomic E-state index is 13.3. The quantitative estimate of drug-likeness (QED) is 0.634. The molecule has 2 atom stereocenters. The summed E-state index contributed by atoms with van der Waals surface area (Å²) in [6, 6.07) is -1.42. The molecule has 0 aliphatic carbocycles. The maximum Gasteiger partial charge on any atom is 0.424 e.